The summed E-state index contributed by atoms with van der Waals surface area (Å²) in [5.74, 6) is -4.90. The number of quaternary nitrogens is 1. The second-order valence-corrected chi connectivity index (χ2v) is 11.5. The van der Waals surface area contributed by atoms with Crippen LogP contribution in [0.2, 0.25) is 0 Å². The van der Waals surface area contributed by atoms with Gasteiger partial charge in [0, 0.05) is 37.8 Å². The van der Waals surface area contributed by atoms with Crippen molar-refractivity contribution in [3.8, 4) is 0 Å². The number of nitrogens with zero attached hydrogens (tertiary/aromatic N) is 1. The summed E-state index contributed by atoms with van der Waals surface area (Å²) < 4.78 is -0.893. The fraction of sp³-hybridized carbons (Fsp3) is 0.593. The predicted octanol–water partition coefficient (Wildman–Crippen LogP) is 3.34. The number of rotatable bonds is 7. The van der Waals surface area contributed by atoms with Crippen molar-refractivity contribution in [1.29, 1.82) is 0 Å². The van der Waals surface area contributed by atoms with Gasteiger partial charge in [0.2, 0.25) is 0 Å². The van der Waals surface area contributed by atoms with Gasteiger partial charge < -0.3 is 21.7 Å². The number of hydrogen-bond acceptors (Lipinski definition) is 5. The first-order valence-corrected chi connectivity index (χ1v) is 12.8. The van der Waals surface area contributed by atoms with Crippen LogP contribution in [-0.4, -0.2) is 51.0 Å². The van der Waals surface area contributed by atoms with Gasteiger partial charge in [0.05, 0.1) is 16.5 Å². The fourth-order valence-corrected chi connectivity index (χ4v) is 6.73. The quantitative estimate of drug-likeness (QED) is 0.401. The van der Waals surface area contributed by atoms with E-state index in [9.17, 15) is 34.2 Å². The minimum Gasteiger partial charge on any atom is -0.478 e. The maximum Gasteiger partial charge on any atom is 0.335 e. The van der Waals surface area contributed by atoms with Crippen LogP contribution in [0.25, 0.3) is 0 Å². The Hall–Kier alpha value is -3.27. The van der Waals surface area contributed by atoms with Crippen molar-refractivity contribution < 1.29 is 34.2 Å². The molecule has 202 valence electrons. The third-order valence-electron chi connectivity index (χ3n) is 8.31. The zero-order valence-corrected chi connectivity index (χ0v) is 21.8. The van der Waals surface area contributed by atoms with Gasteiger partial charge in [-0.3, -0.25) is 9.59 Å². The summed E-state index contributed by atoms with van der Waals surface area (Å²) in [5, 5.41) is 19.8. The zero-order chi connectivity index (χ0) is 27.8. The lowest BCUT2D eigenvalue weighted by atomic mass is 9.66. The summed E-state index contributed by atoms with van der Waals surface area (Å²) in [7, 11) is 0. The van der Waals surface area contributed by atoms with E-state index >= 15 is 0 Å². The summed E-state index contributed by atoms with van der Waals surface area (Å²) in [5.41, 5.74) is 7.19. The number of amides is 3. The van der Waals surface area contributed by atoms with Crippen LogP contribution in [0.4, 0.5) is 5.69 Å². The molecule has 2 fully saturated rings. The monoisotopic (exact) mass is 516 g/mol. The van der Waals surface area contributed by atoms with Crippen molar-refractivity contribution in [2.24, 2.45) is 16.9 Å². The molecule has 0 unspecified atom stereocenters. The second kappa shape index (κ2) is 9.89. The van der Waals surface area contributed by atoms with Gasteiger partial charge in [-0.1, -0.05) is 12.8 Å². The smallest absolute Gasteiger partial charge is 0.335 e. The van der Waals surface area contributed by atoms with E-state index in [0.29, 0.717) is 25.7 Å². The van der Waals surface area contributed by atoms with Gasteiger partial charge in [0.25, 0.3) is 11.8 Å². The molecule has 1 aromatic carbocycles. The van der Waals surface area contributed by atoms with Crippen LogP contribution in [0, 0.1) is 5.41 Å². The first kappa shape index (κ1) is 28.3. The Kier molecular flexibility index (Phi) is 7.56. The molecular weight excluding hydrogens is 478 g/mol. The molecule has 0 aromatic heterocycles. The molecule has 2 saturated carbocycles. The van der Waals surface area contributed by atoms with E-state index in [4.69, 9.17) is 11.5 Å². The number of carbonyl (C=O) groups excluding carboxylic acids is 3. The third-order valence-corrected chi connectivity index (χ3v) is 8.31. The third kappa shape index (κ3) is 4.31. The lowest BCUT2D eigenvalue weighted by molar-refractivity contribution is -0.170. The minimum atomic E-state index is -1.62. The summed E-state index contributed by atoms with van der Waals surface area (Å²) >= 11 is 0. The number of primary amides is 2. The number of carboxylic acid groups (broad SMARTS) is 2. The molecule has 0 saturated heterocycles. The molecule has 3 rings (SSSR count). The maximum atomic E-state index is 14.9. The highest BCUT2D eigenvalue weighted by Crippen LogP contribution is 2.55. The molecule has 0 bridgehead atoms. The average Bonchev–Trinajstić information content (AvgIpc) is 2.84. The highest BCUT2D eigenvalue weighted by molar-refractivity contribution is 6.08. The van der Waals surface area contributed by atoms with Crippen LogP contribution in [0.5, 0.6) is 0 Å². The molecule has 1 aromatic rings. The summed E-state index contributed by atoms with van der Waals surface area (Å²) in [6.07, 6.45) is 4.52. The molecule has 6 N–H and O–H groups in total. The average molecular weight is 517 g/mol. The normalized spacial score (nSPS) is 19.5. The van der Waals surface area contributed by atoms with Crippen LogP contribution < -0.4 is 16.0 Å². The largest absolute Gasteiger partial charge is 0.478 e. The van der Waals surface area contributed by atoms with E-state index in [1.807, 2.05) is 0 Å². The standard InChI is InChI=1S/C27H37N3O7/c1-25(2,3)24(37)30(26(22(28)35)10-6-4-7-11-26,27(23(29)36)12-8-5-9-13-27)19-15-17(20(31)32)14-18(16-19)21(33)34/h14-16H,4-13H2,1-3H3,(H5-,28,29,31,32,33,34,35,36)/p+1. The molecule has 37 heavy (non-hydrogen) atoms. The van der Waals surface area contributed by atoms with Crippen LogP contribution in [0.15, 0.2) is 18.2 Å². The first-order valence-electron chi connectivity index (χ1n) is 12.8. The SMILES string of the molecule is CC(C)(C)C(=O)[N+](c1cc(C(=O)O)cc(C(=O)O)c1)(C1(C(N)=O)CCCCC1)C1(C(N)=O)CCCCC1. The number of aromatic carboxylic acids is 2. The minimum absolute atomic E-state index is 0.0429. The highest BCUT2D eigenvalue weighted by atomic mass is 16.4. The predicted molar refractivity (Wildman–Crippen MR) is 137 cm³/mol. The van der Waals surface area contributed by atoms with E-state index in [1.54, 1.807) is 20.8 Å². The number of carbonyl (C=O) groups is 5. The van der Waals surface area contributed by atoms with Crippen molar-refractivity contribution in [1.82, 2.24) is 4.48 Å². The van der Waals surface area contributed by atoms with Gasteiger partial charge in [-0.2, -0.15) is 0 Å². The van der Waals surface area contributed by atoms with E-state index in [1.165, 1.54) is 12.1 Å². The Morgan fingerprint density at radius 2 is 1.05 bits per heavy atom. The van der Waals surface area contributed by atoms with Gasteiger partial charge in [-0.25, -0.2) is 18.9 Å². The topological polar surface area (TPSA) is 178 Å². The second-order valence-electron chi connectivity index (χ2n) is 11.5. The molecule has 0 radical (unpaired) electrons. The molecular formula is C27H38N3O7+. The Balaban J connectivity index is 2.68. The van der Waals surface area contributed by atoms with Crippen molar-refractivity contribution in [2.45, 2.75) is 96.1 Å². The maximum absolute atomic E-state index is 14.9. The van der Waals surface area contributed by atoms with Crippen molar-refractivity contribution in [2.75, 3.05) is 0 Å². The summed E-state index contributed by atoms with van der Waals surface area (Å²) in [6.45, 7) is 4.99. The van der Waals surface area contributed by atoms with Crippen molar-refractivity contribution in [3.05, 3.63) is 29.3 Å². The number of hydrogen-bond donors (Lipinski definition) is 4. The highest BCUT2D eigenvalue weighted by Gasteiger charge is 2.74. The zero-order valence-electron chi connectivity index (χ0n) is 21.8. The molecule has 3 amide bonds. The van der Waals surface area contributed by atoms with E-state index in [-0.39, 0.29) is 42.5 Å². The van der Waals surface area contributed by atoms with Gasteiger partial charge >= 0.3 is 17.8 Å². The van der Waals surface area contributed by atoms with Crippen LogP contribution >= 0.6 is 0 Å². The van der Waals surface area contributed by atoms with Crippen molar-refractivity contribution >= 4 is 35.3 Å². The lowest BCUT2D eigenvalue weighted by Crippen LogP contribution is -2.86. The van der Waals surface area contributed by atoms with E-state index in [2.05, 4.69) is 0 Å². The molecule has 0 atom stereocenters. The van der Waals surface area contributed by atoms with Crippen LogP contribution in [-0.2, 0) is 14.4 Å². The molecule has 10 nitrogen and oxygen atoms in total. The van der Waals surface area contributed by atoms with Gasteiger partial charge in [-0.05, 0) is 52.5 Å². The molecule has 2 aliphatic carbocycles. The number of nitrogens with two attached hydrogens (primary N) is 2. The van der Waals surface area contributed by atoms with E-state index in [0.717, 1.165) is 18.9 Å². The number of carboxylic acids is 2. The Labute approximate surface area is 216 Å². The van der Waals surface area contributed by atoms with Crippen molar-refractivity contribution in [3.63, 3.8) is 0 Å². The van der Waals surface area contributed by atoms with Gasteiger partial charge in [-0.15, -0.1) is 0 Å². The molecule has 2 aliphatic rings. The molecule has 0 spiro atoms. The van der Waals surface area contributed by atoms with Crippen LogP contribution in [0.3, 0.4) is 0 Å². The Bertz CT molecular complexity index is 1060. The van der Waals surface area contributed by atoms with Gasteiger partial charge in [0.15, 0.2) is 11.1 Å². The van der Waals surface area contributed by atoms with E-state index < -0.39 is 50.6 Å². The molecule has 0 heterocycles. The first-order chi connectivity index (χ1) is 17.2. The Morgan fingerprint density at radius 3 is 1.32 bits per heavy atom. The summed E-state index contributed by atoms with van der Waals surface area (Å²) in [6, 6.07) is 3.44. The van der Waals surface area contributed by atoms with Gasteiger partial charge in [0.1, 0.15) is 5.69 Å². The molecule has 10 heteroatoms. The van der Waals surface area contributed by atoms with Crippen LogP contribution in [0.1, 0.15) is 106 Å². The molecule has 0 aliphatic heterocycles. The summed E-state index contributed by atoms with van der Waals surface area (Å²) in [4.78, 5) is 66.5. The Morgan fingerprint density at radius 1 is 0.703 bits per heavy atom. The number of benzene rings is 1. The fourth-order valence-electron chi connectivity index (χ4n) is 6.73. The lowest BCUT2D eigenvalue weighted by Gasteiger charge is -2.61.